The van der Waals surface area contributed by atoms with Gasteiger partial charge in [0.1, 0.15) is 0 Å². The summed E-state index contributed by atoms with van der Waals surface area (Å²) in [6.07, 6.45) is 4.69. The lowest BCUT2D eigenvalue weighted by Gasteiger charge is -2.33. The molecule has 156 valence electrons. The van der Waals surface area contributed by atoms with Crippen molar-refractivity contribution in [2.75, 3.05) is 45.9 Å². The Balaban J connectivity index is 1.53. The maximum Gasteiger partial charge on any atom is 0.251 e. The van der Waals surface area contributed by atoms with Crippen LogP contribution in [0.2, 0.25) is 0 Å². The van der Waals surface area contributed by atoms with Crippen LogP contribution in [-0.2, 0) is 14.8 Å². The number of carbonyl (C=O) groups is 1. The number of hydrogen-bond donors (Lipinski definition) is 1. The van der Waals surface area contributed by atoms with Gasteiger partial charge in [0.2, 0.25) is 10.0 Å². The van der Waals surface area contributed by atoms with Crippen LogP contribution >= 0.6 is 0 Å². The SMILES string of the molecule is C[C@@H]1CCCCN1CCCNC(=O)c1cccc(S(=O)(=O)N2CCOCC2)c1. The van der Waals surface area contributed by atoms with Crippen molar-refractivity contribution in [1.29, 1.82) is 0 Å². The molecule has 8 heteroatoms. The summed E-state index contributed by atoms with van der Waals surface area (Å²) in [6.45, 7) is 6.44. The molecule has 0 bridgehead atoms. The molecule has 2 heterocycles. The van der Waals surface area contributed by atoms with Crippen molar-refractivity contribution >= 4 is 15.9 Å². The Hall–Kier alpha value is -1.48. The highest BCUT2D eigenvalue weighted by Crippen LogP contribution is 2.19. The van der Waals surface area contributed by atoms with Crippen molar-refractivity contribution in [3.05, 3.63) is 29.8 Å². The van der Waals surface area contributed by atoms with Crippen LogP contribution in [0, 0.1) is 0 Å². The Morgan fingerprint density at radius 2 is 2.00 bits per heavy atom. The molecule has 0 aliphatic carbocycles. The maximum absolute atomic E-state index is 12.8. The van der Waals surface area contributed by atoms with Gasteiger partial charge in [-0.25, -0.2) is 8.42 Å². The molecule has 1 amide bonds. The third-order valence-corrected chi connectivity index (χ3v) is 7.45. The third kappa shape index (κ3) is 5.31. The van der Waals surface area contributed by atoms with Gasteiger partial charge in [0.05, 0.1) is 18.1 Å². The number of morpholine rings is 1. The van der Waals surface area contributed by atoms with E-state index < -0.39 is 10.0 Å². The van der Waals surface area contributed by atoms with E-state index >= 15 is 0 Å². The first-order valence-corrected chi connectivity index (χ1v) is 11.6. The van der Waals surface area contributed by atoms with E-state index in [0.717, 1.165) is 19.5 Å². The zero-order valence-corrected chi connectivity index (χ0v) is 17.4. The summed E-state index contributed by atoms with van der Waals surface area (Å²) in [5, 5.41) is 2.92. The van der Waals surface area contributed by atoms with Crippen molar-refractivity contribution in [2.45, 2.75) is 43.5 Å². The average molecular weight is 410 g/mol. The number of rotatable bonds is 7. The monoisotopic (exact) mass is 409 g/mol. The van der Waals surface area contributed by atoms with Crippen LogP contribution in [0.15, 0.2) is 29.2 Å². The normalized spacial score (nSPS) is 22.1. The smallest absolute Gasteiger partial charge is 0.251 e. The fraction of sp³-hybridized carbons (Fsp3) is 0.650. The Kier molecular flexibility index (Phi) is 7.45. The molecule has 7 nitrogen and oxygen atoms in total. The summed E-state index contributed by atoms with van der Waals surface area (Å²) >= 11 is 0. The number of carbonyl (C=O) groups excluding carboxylic acids is 1. The van der Waals surface area contributed by atoms with Gasteiger partial charge in [0.15, 0.2) is 0 Å². The van der Waals surface area contributed by atoms with Crippen molar-refractivity contribution in [3.63, 3.8) is 0 Å². The molecule has 2 aliphatic rings. The van der Waals surface area contributed by atoms with E-state index in [1.807, 2.05) is 0 Å². The molecule has 1 aromatic carbocycles. The molecular formula is C20H31N3O4S. The van der Waals surface area contributed by atoms with Crippen molar-refractivity contribution in [3.8, 4) is 0 Å². The number of nitrogens with zero attached hydrogens (tertiary/aromatic N) is 2. The molecule has 0 radical (unpaired) electrons. The molecule has 0 spiro atoms. The van der Waals surface area contributed by atoms with Gasteiger partial charge in [-0.05, 0) is 50.9 Å². The number of sulfonamides is 1. The summed E-state index contributed by atoms with van der Waals surface area (Å²) in [5.74, 6) is -0.231. The lowest BCUT2D eigenvalue weighted by atomic mass is 10.0. The van der Waals surface area contributed by atoms with Crippen LogP contribution < -0.4 is 5.32 Å². The van der Waals surface area contributed by atoms with Gasteiger partial charge < -0.3 is 15.0 Å². The Bertz CT molecular complexity index is 762. The topological polar surface area (TPSA) is 79.0 Å². The maximum atomic E-state index is 12.8. The van der Waals surface area contributed by atoms with Crippen LogP contribution in [0.4, 0.5) is 0 Å². The molecule has 1 aromatic rings. The van der Waals surface area contributed by atoms with Crippen LogP contribution in [0.3, 0.4) is 0 Å². The predicted molar refractivity (Wildman–Crippen MR) is 108 cm³/mol. The van der Waals surface area contributed by atoms with Gasteiger partial charge in [0.25, 0.3) is 5.91 Å². The van der Waals surface area contributed by atoms with Gasteiger partial charge in [-0.1, -0.05) is 12.5 Å². The highest BCUT2D eigenvalue weighted by atomic mass is 32.2. The minimum atomic E-state index is -3.60. The van der Waals surface area contributed by atoms with Crippen LogP contribution in [-0.4, -0.2) is 75.5 Å². The van der Waals surface area contributed by atoms with Gasteiger partial charge in [-0.3, -0.25) is 4.79 Å². The molecule has 2 aliphatic heterocycles. The molecule has 0 saturated carbocycles. The molecule has 28 heavy (non-hydrogen) atoms. The number of piperidine rings is 1. The predicted octanol–water partition coefficient (Wildman–Crippen LogP) is 1.70. The van der Waals surface area contributed by atoms with Crippen molar-refractivity contribution in [1.82, 2.24) is 14.5 Å². The quantitative estimate of drug-likeness (QED) is 0.694. The highest BCUT2D eigenvalue weighted by molar-refractivity contribution is 7.89. The second-order valence-electron chi connectivity index (χ2n) is 7.53. The summed E-state index contributed by atoms with van der Waals surface area (Å²) in [5.41, 5.74) is 0.376. The first-order chi connectivity index (χ1) is 13.5. The average Bonchev–Trinajstić information content (AvgIpc) is 2.73. The Morgan fingerprint density at radius 3 is 2.75 bits per heavy atom. The van der Waals surface area contributed by atoms with E-state index in [4.69, 9.17) is 4.74 Å². The number of likely N-dealkylation sites (tertiary alicyclic amines) is 1. The van der Waals surface area contributed by atoms with E-state index in [2.05, 4.69) is 17.1 Å². The van der Waals surface area contributed by atoms with E-state index in [9.17, 15) is 13.2 Å². The van der Waals surface area contributed by atoms with E-state index in [0.29, 0.717) is 44.5 Å². The molecular weight excluding hydrogens is 378 g/mol. The zero-order valence-electron chi connectivity index (χ0n) is 16.6. The van der Waals surface area contributed by atoms with Crippen LogP contribution in [0.5, 0.6) is 0 Å². The second-order valence-corrected chi connectivity index (χ2v) is 9.47. The van der Waals surface area contributed by atoms with E-state index in [1.165, 1.54) is 29.6 Å². The van der Waals surface area contributed by atoms with E-state index in [1.54, 1.807) is 18.2 Å². The molecule has 2 saturated heterocycles. The summed E-state index contributed by atoms with van der Waals surface area (Å²) < 4.78 is 32.2. The lowest BCUT2D eigenvalue weighted by Crippen LogP contribution is -2.40. The van der Waals surface area contributed by atoms with Gasteiger partial charge in [-0.2, -0.15) is 4.31 Å². The fourth-order valence-electron chi connectivity index (χ4n) is 3.81. The van der Waals surface area contributed by atoms with Crippen LogP contribution in [0.25, 0.3) is 0 Å². The standard InChI is InChI=1S/C20H31N3O4S/c1-17-6-2-3-10-22(17)11-5-9-21-20(24)18-7-4-8-19(16-18)28(25,26)23-12-14-27-15-13-23/h4,7-8,16-17H,2-3,5-6,9-15H2,1H3,(H,21,24)/t17-/m1/s1. The van der Waals surface area contributed by atoms with Crippen molar-refractivity contribution < 1.29 is 17.9 Å². The molecule has 1 N–H and O–H groups in total. The van der Waals surface area contributed by atoms with E-state index in [-0.39, 0.29) is 10.8 Å². The Morgan fingerprint density at radius 1 is 1.21 bits per heavy atom. The minimum Gasteiger partial charge on any atom is -0.379 e. The Labute approximate surface area is 168 Å². The van der Waals surface area contributed by atoms with Gasteiger partial charge in [0, 0.05) is 37.8 Å². The second kappa shape index (κ2) is 9.82. The third-order valence-electron chi connectivity index (χ3n) is 5.55. The van der Waals surface area contributed by atoms with Gasteiger partial charge in [-0.15, -0.1) is 0 Å². The van der Waals surface area contributed by atoms with Crippen LogP contribution in [0.1, 0.15) is 43.0 Å². The molecule has 3 rings (SSSR count). The number of amides is 1. The zero-order chi connectivity index (χ0) is 20.0. The number of hydrogen-bond acceptors (Lipinski definition) is 5. The number of ether oxygens (including phenoxy) is 1. The number of benzene rings is 1. The molecule has 0 unspecified atom stereocenters. The largest absolute Gasteiger partial charge is 0.379 e. The van der Waals surface area contributed by atoms with Gasteiger partial charge >= 0.3 is 0 Å². The molecule has 2 fully saturated rings. The highest BCUT2D eigenvalue weighted by Gasteiger charge is 2.26. The molecule has 1 atom stereocenters. The minimum absolute atomic E-state index is 0.157. The van der Waals surface area contributed by atoms with Crippen molar-refractivity contribution in [2.24, 2.45) is 0 Å². The lowest BCUT2D eigenvalue weighted by molar-refractivity contribution is 0.0730. The summed E-state index contributed by atoms with van der Waals surface area (Å²) in [6, 6.07) is 6.90. The molecule has 0 aromatic heterocycles. The fourth-order valence-corrected chi connectivity index (χ4v) is 5.26. The summed E-state index contributed by atoms with van der Waals surface area (Å²) in [7, 11) is -3.60. The number of nitrogens with one attached hydrogen (secondary N) is 1. The first-order valence-electron chi connectivity index (χ1n) is 10.2. The summed E-state index contributed by atoms with van der Waals surface area (Å²) in [4.78, 5) is 15.1. The first kappa shape index (κ1) is 21.2.